The van der Waals surface area contributed by atoms with Crippen LogP contribution in [-0.4, -0.2) is 61.1 Å². The Hall–Kier alpha value is -3.85. The molecule has 9 nitrogen and oxygen atoms in total. The number of phenols is 1. The molecule has 4 heterocycles. The Morgan fingerprint density at radius 2 is 2.00 bits per heavy atom. The zero-order valence-corrected chi connectivity index (χ0v) is 21.6. The number of hydrogen-bond donors (Lipinski definition) is 3. The molecule has 2 bridgehead atoms. The lowest BCUT2D eigenvalue weighted by atomic mass is 9.97. The van der Waals surface area contributed by atoms with Crippen molar-refractivity contribution in [3.63, 3.8) is 0 Å². The first kappa shape index (κ1) is 24.8. The number of phenolic OH excluding ortho intramolecular Hbond substituents is 1. The van der Waals surface area contributed by atoms with Crippen LogP contribution in [-0.2, 0) is 11.3 Å². The predicted octanol–water partition coefficient (Wildman–Crippen LogP) is 4.83. The van der Waals surface area contributed by atoms with Crippen molar-refractivity contribution in [2.24, 2.45) is 0 Å². The normalized spacial score (nSPS) is 19.1. The van der Waals surface area contributed by atoms with E-state index >= 15 is 0 Å². The molecule has 0 saturated carbocycles. The molecule has 3 N–H and O–H groups in total. The topological polar surface area (TPSA) is 115 Å². The minimum Gasteiger partial charge on any atom is -0.507 e. The number of aromatic amines is 1. The van der Waals surface area contributed by atoms with Gasteiger partial charge in [-0.1, -0.05) is 12.1 Å². The zero-order chi connectivity index (χ0) is 26.3. The highest BCUT2D eigenvalue weighted by Gasteiger charge is 2.41. The van der Waals surface area contributed by atoms with Gasteiger partial charge in [-0.15, -0.1) is 0 Å². The number of aliphatic hydroxyl groups is 1. The number of rotatable bonds is 5. The summed E-state index contributed by atoms with van der Waals surface area (Å²) in [6.45, 7) is 5.38. The maximum absolute atomic E-state index is 12.8. The maximum atomic E-state index is 12.8. The predicted molar refractivity (Wildman–Crippen MR) is 141 cm³/mol. The molecular formula is C28H33N5O4. The van der Waals surface area contributed by atoms with E-state index in [4.69, 9.17) is 9.72 Å². The first-order valence-corrected chi connectivity index (χ1v) is 12.5. The van der Waals surface area contributed by atoms with Gasteiger partial charge in [0.1, 0.15) is 17.2 Å². The molecule has 5 rings (SSSR count). The van der Waals surface area contributed by atoms with E-state index in [1.807, 2.05) is 52.1 Å². The fraction of sp³-hybridized carbons (Fsp3) is 0.393. The number of nitrogens with one attached hydrogen (secondary N) is 1. The summed E-state index contributed by atoms with van der Waals surface area (Å²) in [5, 5.41) is 27.6. The second-order valence-corrected chi connectivity index (χ2v) is 10.7. The van der Waals surface area contributed by atoms with Crippen molar-refractivity contribution < 1.29 is 19.7 Å². The van der Waals surface area contributed by atoms with Crippen molar-refractivity contribution in [1.29, 1.82) is 0 Å². The number of benzene rings is 1. The van der Waals surface area contributed by atoms with Crippen LogP contribution in [0.25, 0.3) is 22.3 Å². The Balaban J connectivity index is 1.34. The summed E-state index contributed by atoms with van der Waals surface area (Å²) < 4.78 is 5.63. The molecule has 1 fully saturated rings. The largest absolute Gasteiger partial charge is 0.507 e. The third-order valence-electron chi connectivity index (χ3n) is 7.02. The van der Waals surface area contributed by atoms with Crippen molar-refractivity contribution >= 4 is 11.9 Å². The number of carbonyl (C=O) groups is 1. The van der Waals surface area contributed by atoms with Gasteiger partial charge >= 0.3 is 6.09 Å². The number of pyridine rings is 1. The molecule has 3 aromatic rings. The minimum absolute atomic E-state index is 0.0633. The molecule has 2 aliphatic heterocycles. The second-order valence-electron chi connectivity index (χ2n) is 10.7. The average molecular weight is 504 g/mol. The van der Waals surface area contributed by atoms with Gasteiger partial charge in [-0.3, -0.25) is 10.00 Å². The van der Waals surface area contributed by atoms with Crippen molar-refractivity contribution in [1.82, 2.24) is 20.1 Å². The van der Waals surface area contributed by atoms with E-state index in [-0.39, 0.29) is 30.5 Å². The number of aromatic nitrogens is 3. The van der Waals surface area contributed by atoms with Gasteiger partial charge < -0.3 is 19.8 Å². The SMILES string of the molecule is CN(c1ccc(-c2ccc(-c3cn[nH]c3)cc2O)c(CO)n1)[C@H]1CC2=CC[C@@H](C1)N2C(=O)OC(C)(C)C. The van der Waals surface area contributed by atoms with Crippen LogP contribution in [0, 0.1) is 0 Å². The number of ether oxygens (including phenoxy) is 1. The van der Waals surface area contributed by atoms with Gasteiger partial charge in [-0.05, 0) is 63.4 Å². The van der Waals surface area contributed by atoms with Gasteiger partial charge in [0.25, 0.3) is 0 Å². The number of aromatic hydroxyl groups is 1. The maximum Gasteiger partial charge on any atom is 0.414 e. The lowest BCUT2D eigenvalue weighted by Crippen LogP contribution is -2.49. The molecule has 0 radical (unpaired) electrons. The van der Waals surface area contributed by atoms with Gasteiger partial charge in [0.15, 0.2) is 0 Å². The third kappa shape index (κ3) is 4.91. The standard InChI is InChI=1S/C28H33N5O4/c1-28(2,3)37-27(36)33-19-6-7-20(33)13-21(12-19)32(4)26-10-9-22(24(16-34)31-26)23-8-5-17(11-25(23)35)18-14-29-30-15-18/h5-6,8-11,14-15,20-21,34-35H,7,12-13,16H2,1-4H3,(H,29,30)/t20-,21-/m0/s1. The molecule has 0 spiro atoms. The summed E-state index contributed by atoms with van der Waals surface area (Å²) in [5.74, 6) is 0.840. The van der Waals surface area contributed by atoms with E-state index in [2.05, 4.69) is 21.2 Å². The first-order chi connectivity index (χ1) is 17.6. The van der Waals surface area contributed by atoms with Crippen LogP contribution in [0.5, 0.6) is 5.75 Å². The summed E-state index contributed by atoms with van der Waals surface area (Å²) in [6, 6.07) is 9.44. The van der Waals surface area contributed by atoms with Crippen LogP contribution >= 0.6 is 0 Å². The Labute approximate surface area is 216 Å². The Morgan fingerprint density at radius 1 is 1.22 bits per heavy atom. The van der Waals surface area contributed by atoms with E-state index < -0.39 is 5.60 Å². The van der Waals surface area contributed by atoms with E-state index in [0.29, 0.717) is 23.2 Å². The van der Waals surface area contributed by atoms with Gasteiger partial charge in [-0.25, -0.2) is 9.78 Å². The molecule has 194 valence electrons. The first-order valence-electron chi connectivity index (χ1n) is 12.5. The molecular weight excluding hydrogens is 470 g/mol. The van der Waals surface area contributed by atoms with Crippen molar-refractivity contribution in [3.8, 4) is 28.0 Å². The molecule has 2 atom stereocenters. The lowest BCUT2D eigenvalue weighted by molar-refractivity contribution is 0.0216. The summed E-state index contributed by atoms with van der Waals surface area (Å²) in [5.41, 5.74) is 3.94. The number of fused-ring (bicyclic) bond motifs is 2. The number of H-pyrrole nitrogens is 1. The molecule has 0 unspecified atom stereocenters. The molecule has 9 heteroatoms. The molecule has 0 aliphatic carbocycles. The Morgan fingerprint density at radius 3 is 2.65 bits per heavy atom. The zero-order valence-electron chi connectivity index (χ0n) is 21.6. The molecule has 2 aliphatic rings. The Bertz CT molecular complexity index is 1330. The number of anilines is 1. The third-order valence-corrected chi connectivity index (χ3v) is 7.02. The van der Waals surface area contributed by atoms with Gasteiger partial charge in [0.05, 0.1) is 18.5 Å². The fourth-order valence-corrected chi connectivity index (χ4v) is 5.19. The van der Waals surface area contributed by atoms with Crippen molar-refractivity contribution in [3.05, 3.63) is 60.2 Å². The summed E-state index contributed by atoms with van der Waals surface area (Å²) in [7, 11) is 1.99. The average Bonchev–Trinajstić information content (AvgIpc) is 3.48. The molecule has 1 saturated heterocycles. The Kier molecular flexibility index (Phi) is 6.41. The highest BCUT2D eigenvalue weighted by atomic mass is 16.6. The van der Waals surface area contributed by atoms with E-state index in [9.17, 15) is 15.0 Å². The molecule has 1 amide bonds. The van der Waals surface area contributed by atoms with Gasteiger partial charge in [0, 0.05) is 54.1 Å². The van der Waals surface area contributed by atoms with Crippen LogP contribution in [0.15, 0.2) is 54.5 Å². The van der Waals surface area contributed by atoms with Crippen LogP contribution < -0.4 is 4.90 Å². The van der Waals surface area contributed by atoms with Crippen molar-refractivity contribution in [2.45, 2.75) is 64.3 Å². The number of piperidine rings is 1. The molecule has 2 aromatic heterocycles. The van der Waals surface area contributed by atoms with E-state index in [1.165, 1.54) is 0 Å². The van der Waals surface area contributed by atoms with Gasteiger partial charge in [0.2, 0.25) is 0 Å². The van der Waals surface area contributed by atoms with Crippen LogP contribution in [0.3, 0.4) is 0 Å². The highest BCUT2D eigenvalue weighted by molar-refractivity contribution is 5.77. The highest BCUT2D eigenvalue weighted by Crippen LogP contribution is 2.39. The minimum atomic E-state index is -0.537. The smallest absolute Gasteiger partial charge is 0.414 e. The van der Waals surface area contributed by atoms with Crippen LogP contribution in [0.2, 0.25) is 0 Å². The fourth-order valence-electron chi connectivity index (χ4n) is 5.19. The second kappa shape index (κ2) is 9.55. The monoisotopic (exact) mass is 503 g/mol. The number of hydrogen-bond acceptors (Lipinski definition) is 7. The number of amides is 1. The van der Waals surface area contributed by atoms with Crippen molar-refractivity contribution in [2.75, 3.05) is 11.9 Å². The molecule has 37 heavy (non-hydrogen) atoms. The number of nitrogens with zero attached hydrogens (tertiary/aromatic N) is 4. The lowest BCUT2D eigenvalue weighted by Gasteiger charge is -2.41. The summed E-state index contributed by atoms with van der Waals surface area (Å²) >= 11 is 0. The number of carbonyl (C=O) groups excluding carboxylic acids is 1. The summed E-state index contributed by atoms with van der Waals surface area (Å²) in [6.07, 6.45) is 7.63. The number of aliphatic hydroxyl groups excluding tert-OH is 1. The van der Waals surface area contributed by atoms with E-state index in [1.54, 1.807) is 23.4 Å². The quantitative estimate of drug-likeness (QED) is 0.457. The van der Waals surface area contributed by atoms with Crippen LogP contribution in [0.1, 0.15) is 45.7 Å². The van der Waals surface area contributed by atoms with Gasteiger partial charge in [-0.2, -0.15) is 5.10 Å². The molecule has 1 aromatic carbocycles. The van der Waals surface area contributed by atoms with Crippen LogP contribution in [0.4, 0.5) is 10.6 Å². The van der Waals surface area contributed by atoms with E-state index in [0.717, 1.165) is 35.5 Å². The summed E-state index contributed by atoms with van der Waals surface area (Å²) in [4.78, 5) is 21.5.